The van der Waals surface area contributed by atoms with Gasteiger partial charge >= 0.3 is 0 Å². The van der Waals surface area contributed by atoms with Gasteiger partial charge in [0.2, 0.25) is 0 Å². The van der Waals surface area contributed by atoms with Gasteiger partial charge in [-0.15, -0.1) is 0 Å². The van der Waals surface area contributed by atoms with Crippen molar-refractivity contribution in [2.45, 2.75) is 13.8 Å². The summed E-state index contributed by atoms with van der Waals surface area (Å²) in [6.07, 6.45) is 1.41. The fourth-order valence-electron chi connectivity index (χ4n) is 1.33. The lowest BCUT2D eigenvalue weighted by atomic mass is 10.4. The molecule has 0 spiro atoms. The molecule has 1 aromatic heterocycles. The molecule has 5 nitrogen and oxygen atoms in total. The maximum atomic E-state index is 11.4. The summed E-state index contributed by atoms with van der Waals surface area (Å²) >= 11 is 3.24. The molecule has 6 heteroatoms. The van der Waals surface area contributed by atoms with Gasteiger partial charge in [0.1, 0.15) is 10.3 Å². The number of ether oxygens (including phenoxy) is 1. The van der Waals surface area contributed by atoms with E-state index in [0.717, 1.165) is 13.1 Å². The fraction of sp³-hybridized carbons (Fsp3) is 0.600. The van der Waals surface area contributed by atoms with Crippen molar-refractivity contribution in [3.63, 3.8) is 0 Å². The molecular weight excluding hydrogens is 274 g/mol. The van der Waals surface area contributed by atoms with Gasteiger partial charge in [-0.2, -0.15) is 0 Å². The number of H-pyrrole nitrogens is 1. The zero-order valence-corrected chi connectivity index (χ0v) is 11.1. The van der Waals surface area contributed by atoms with Crippen LogP contribution in [0.3, 0.4) is 0 Å². The van der Waals surface area contributed by atoms with E-state index in [-0.39, 0.29) is 5.56 Å². The van der Waals surface area contributed by atoms with Crippen molar-refractivity contribution < 1.29 is 4.74 Å². The van der Waals surface area contributed by atoms with Crippen molar-refractivity contribution in [3.05, 3.63) is 21.2 Å². The van der Waals surface area contributed by atoms with Gasteiger partial charge in [-0.3, -0.25) is 4.79 Å². The minimum Gasteiger partial charge on any atom is -0.380 e. The van der Waals surface area contributed by atoms with E-state index in [0.29, 0.717) is 23.5 Å². The molecular formula is C10H16BrN3O2. The van der Waals surface area contributed by atoms with Gasteiger partial charge in [0.15, 0.2) is 0 Å². The Hall–Kier alpha value is -0.880. The normalized spacial score (nSPS) is 10.4. The van der Waals surface area contributed by atoms with Crippen molar-refractivity contribution in [3.8, 4) is 0 Å². The van der Waals surface area contributed by atoms with E-state index in [4.69, 9.17) is 4.74 Å². The molecule has 0 saturated heterocycles. The summed E-state index contributed by atoms with van der Waals surface area (Å²) in [4.78, 5) is 20.1. The first-order valence-electron chi connectivity index (χ1n) is 5.26. The first kappa shape index (κ1) is 13.2. The second-order valence-corrected chi connectivity index (χ2v) is 3.94. The molecule has 0 radical (unpaired) electrons. The van der Waals surface area contributed by atoms with E-state index < -0.39 is 0 Å². The van der Waals surface area contributed by atoms with E-state index in [1.54, 1.807) is 0 Å². The second kappa shape index (κ2) is 6.65. The van der Waals surface area contributed by atoms with Crippen LogP contribution in [0.1, 0.15) is 13.8 Å². The minimum atomic E-state index is -0.167. The van der Waals surface area contributed by atoms with Crippen LogP contribution in [0.25, 0.3) is 0 Å². The van der Waals surface area contributed by atoms with Gasteiger partial charge < -0.3 is 14.6 Å². The maximum Gasteiger partial charge on any atom is 0.267 e. The van der Waals surface area contributed by atoms with Crippen LogP contribution >= 0.6 is 15.9 Å². The molecule has 0 unspecified atom stereocenters. The van der Waals surface area contributed by atoms with Gasteiger partial charge in [0.05, 0.1) is 12.9 Å². The van der Waals surface area contributed by atoms with Crippen molar-refractivity contribution in [1.29, 1.82) is 0 Å². The van der Waals surface area contributed by atoms with Crippen LogP contribution in [0.5, 0.6) is 0 Å². The smallest absolute Gasteiger partial charge is 0.267 e. The van der Waals surface area contributed by atoms with Crippen LogP contribution in [0, 0.1) is 0 Å². The van der Waals surface area contributed by atoms with Crippen LogP contribution in [0.4, 0.5) is 5.82 Å². The number of rotatable bonds is 6. The minimum absolute atomic E-state index is 0.167. The second-order valence-electron chi connectivity index (χ2n) is 3.15. The molecule has 0 aromatic carbocycles. The molecule has 1 N–H and O–H groups in total. The number of hydrogen-bond acceptors (Lipinski definition) is 4. The van der Waals surface area contributed by atoms with Gasteiger partial charge in [0.25, 0.3) is 5.56 Å². The Kier molecular flexibility index (Phi) is 5.48. The lowest BCUT2D eigenvalue weighted by Gasteiger charge is -2.22. The molecule has 0 aliphatic rings. The monoisotopic (exact) mass is 289 g/mol. The third kappa shape index (κ3) is 3.31. The molecule has 0 aliphatic heterocycles. The van der Waals surface area contributed by atoms with Crippen molar-refractivity contribution in [2.75, 3.05) is 31.2 Å². The molecule has 0 atom stereocenters. The summed E-state index contributed by atoms with van der Waals surface area (Å²) < 4.78 is 5.75. The predicted octanol–water partition coefficient (Wildman–Crippen LogP) is 1.40. The lowest BCUT2D eigenvalue weighted by molar-refractivity contribution is 0.154. The lowest BCUT2D eigenvalue weighted by Crippen LogP contribution is -2.30. The van der Waals surface area contributed by atoms with Gasteiger partial charge in [-0.1, -0.05) is 0 Å². The zero-order valence-electron chi connectivity index (χ0n) is 9.49. The van der Waals surface area contributed by atoms with Crippen LogP contribution in [-0.2, 0) is 4.74 Å². The Morgan fingerprint density at radius 1 is 1.56 bits per heavy atom. The fourth-order valence-corrected chi connectivity index (χ4v) is 1.79. The van der Waals surface area contributed by atoms with Crippen molar-refractivity contribution >= 4 is 21.7 Å². The molecule has 1 aromatic rings. The van der Waals surface area contributed by atoms with E-state index in [9.17, 15) is 4.79 Å². The Bertz CT molecular complexity index is 381. The van der Waals surface area contributed by atoms with E-state index in [2.05, 4.69) is 25.9 Å². The maximum absolute atomic E-state index is 11.4. The molecule has 0 fully saturated rings. The van der Waals surface area contributed by atoms with Crippen molar-refractivity contribution in [1.82, 2.24) is 9.97 Å². The highest BCUT2D eigenvalue weighted by Gasteiger charge is 2.11. The van der Waals surface area contributed by atoms with Crippen LogP contribution in [-0.4, -0.2) is 36.3 Å². The molecule has 16 heavy (non-hydrogen) atoms. The molecule has 1 rings (SSSR count). The standard InChI is InChI=1S/C10H16BrN3O2/c1-3-14(5-6-16-4-2)9-8(11)10(15)13-7-12-9/h7H,3-6H2,1-2H3,(H,12,13,15). The summed E-state index contributed by atoms with van der Waals surface area (Å²) in [5.41, 5.74) is -0.167. The molecule has 0 bridgehead atoms. The third-order valence-electron chi connectivity index (χ3n) is 2.17. The Labute approximate surface area is 103 Å². The summed E-state index contributed by atoms with van der Waals surface area (Å²) in [7, 11) is 0. The van der Waals surface area contributed by atoms with Gasteiger partial charge in [-0.05, 0) is 29.8 Å². The zero-order chi connectivity index (χ0) is 12.0. The van der Waals surface area contributed by atoms with Crippen LogP contribution in [0.15, 0.2) is 15.6 Å². The average molecular weight is 290 g/mol. The summed E-state index contributed by atoms with van der Waals surface area (Å²) in [6.45, 7) is 6.80. The van der Waals surface area contributed by atoms with E-state index in [1.165, 1.54) is 6.33 Å². The topological polar surface area (TPSA) is 58.2 Å². The summed E-state index contributed by atoms with van der Waals surface area (Å²) in [5.74, 6) is 0.658. The SMILES string of the molecule is CCOCCN(CC)c1nc[nH]c(=O)c1Br. The molecule has 1 heterocycles. The highest BCUT2D eigenvalue weighted by molar-refractivity contribution is 9.10. The molecule has 90 valence electrons. The highest BCUT2D eigenvalue weighted by atomic mass is 79.9. The molecule has 0 amide bonds. The van der Waals surface area contributed by atoms with E-state index >= 15 is 0 Å². The molecule has 0 saturated carbocycles. The first-order chi connectivity index (χ1) is 7.70. The van der Waals surface area contributed by atoms with Gasteiger partial charge in [-0.25, -0.2) is 4.98 Å². The number of halogens is 1. The first-order valence-corrected chi connectivity index (χ1v) is 6.05. The number of aromatic nitrogens is 2. The van der Waals surface area contributed by atoms with Crippen LogP contribution < -0.4 is 10.5 Å². The average Bonchev–Trinajstić information content (AvgIpc) is 2.29. The highest BCUT2D eigenvalue weighted by Crippen LogP contribution is 2.18. The Morgan fingerprint density at radius 3 is 2.94 bits per heavy atom. The number of hydrogen-bond donors (Lipinski definition) is 1. The predicted molar refractivity (Wildman–Crippen MR) is 66.9 cm³/mol. The molecule has 0 aliphatic carbocycles. The van der Waals surface area contributed by atoms with Crippen LogP contribution in [0.2, 0.25) is 0 Å². The van der Waals surface area contributed by atoms with E-state index in [1.807, 2.05) is 18.7 Å². The van der Waals surface area contributed by atoms with Crippen molar-refractivity contribution in [2.24, 2.45) is 0 Å². The summed E-state index contributed by atoms with van der Waals surface area (Å²) in [6, 6.07) is 0. The number of nitrogens with one attached hydrogen (secondary N) is 1. The Morgan fingerprint density at radius 2 is 2.31 bits per heavy atom. The Balaban J connectivity index is 2.78. The number of anilines is 1. The number of nitrogens with zero attached hydrogens (tertiary/aromatic N) is 2. The largest absolute Gasteiger partial charge is 0.380 e. The summed E-state index contributed by atoms with van der Waals surface area (Å²) in [5, 5.41) is 0. The number of aromatic amines is 1. The number of likely N-dealkylation sites (N-methyl/N-ethyl adjacent to an activating group) is 1. The third-order valence-corrected chi connectivity index (χ3v) is 2.88. The quantitative estimate of drug-likeness (QED) is 0.804. The van der Waals surface area contributed by atoms with Gasteiger partial charge in [0, 0.05) is 19.7 Å².